The van der Waals surface area contributed by atoms with E-state index >= 15 is 0 Å². The smallest absolute Gasteiger partial charge is 0.226 e. The maximum atomic E-state index is 12.4. The third-order valence-corrected chi connectivity index (χ3v) is 8.57. The van der Waals surface area contributed by atoms with Crippen molar-refractivity contribution in [2.24, 2.45) is 5.92 Å². The Morgan fingerprint density at radius 1 is 1.21 bits per heavy atom. The lowest BCUT2D eigenvalue weighted by atomic mass is 9.70. The summed E-state index contributed by atoms with van der Waals surface area (Å²) in [7, 11) is 1.49. The van der Waals surface area contributed by atoms with Gasteiger partial charge >= 0.3 is 0 Å². The maximum absolute atomic E-state index is 12.4. The van der Waals surface area contributed by atoms with Gasteiger partial charge in [0.1, 0.15) is 0 Å². The first kappa shape index (κ1) is 28.0. The summed E-state index contributed by atoms with van der Waals surface area (Å²) in [4.78, 5) is 17.4. The number of aromatic nitrogens is 4. The Hall–Kier alpha value is -4.11. The second kappa shape index (κ2) is 12.0. The van der Waals surface area contributed by atoms with Crippen LogP contribution in [0.3, 0.4) is 0 Å². The number of benzene rings is 2. The number of ether oxygens (including phenoxy) is 1. The Morgan fingerprint density at radius 2 is 2.10 bits per heavy atom. The molecule has 2 bridgehead atoms. The third kappa shape index (κ3) is 6.06. The Kier molecular flexibility index (Phi) is 8.02. The van der Waals surface area contributed by atoms with Crippen molar-refractivity contribution in [2.45, 2.75) is 64.0 Å². The van der Waals surface area contributed by atoms with E-state index in [1.807, 2.05) is 29.1 Å². The van der Waals surface area contributed by atoms with E-state index in [1.165, 1.54) is 18.2 Å². The number of phenolic OH excluding ortho intramolecular Hbond substituents is 1. The lowest BCUT2D eigenvalue weighted by Gasteiger charge is -2.36. The van der Waals surface area contributed by atoms with Gasteiger partial charge in [0.05, 0.1) is 24.7 Å². The number of fused-ring (bicyclic) bond motifs is 5. The number of nitrogens with two attached hydrogens (primary N) is 1. The molecule has 6 rings (SSSR count). The lowest BCUT2D eigenvalue weighted by Crippen LogP contribution is -2.24. The summed E-state index contributed by atoms with van der Waals surface area (Å²) in [5.41, 5.74) is 13.8. The van der Waals surface area contributed by atoms with Crippen LogP contribution < -0.4 is 15.8 Å². The van der Waals surface area contributed by atoms with E-state index in [0.29, 0.717) is 34.8 Å². The first-order valence-electron chi connectivity index (χ1n) is 14.4. The van der Waals surface area contributed by atoms with E-state index in [1.54, 1.807) is 18.2 Å². The number of hydrogen-bond donors (Lipinski definition) is 3. The minimum absolute atomic E-state index is 0.0657. The molecule has 218 valence electrons. The molecule has 1 amide bonds. The van der Waals surface area contributed by atoms with Crippen molar-refractivity contribution < 1.29 is 14.6 Å². The fraction of sp³-hybridized carbons (Fsp3) is 0.375. The summed E-state index contributed by atoms with van der Waals surface area (Å²) in [6.07, 6.45) is 10.7. The number of halogens is 1. The molecule has 0 saturated heterocycles. The van der Waals surface area contributed by atoms with Crippen LogP contribution in [0.15, 0.2) is 54.2 Å². The van der Waals surface area contributed by atoms with Crippen molar-refractivity contribution in [1.82, 2.24) is 25.3 Å². The zero-order chi connectivity index (χ0) is 29.2. The highest BCUT2D eigenvalue weighted by molar-refractivity contribution is 6.31. The van der Waals surface area contributed by atoms with Crippen LogP contribution in [-0.2, 0) is 30.7 Å². The van der Waals surface area contributed by atoms with Crippen molar-refractivity contribution in [3.8, 4) is 11.5 Å². The van der Waals surface area contributed by atoms with E-state index in [-0.39, 0.29) is 18.1 Å². The first-order valence-corrected chi connectivity index (χ1v) is 14.8. The standard InChI is InChI=1S/C32H35ClN6O3/c1-42-29-14-20(5-8-28(29)40)17-35-30(41)16-24-18-39(38-37-24)9-3-2-4-19-10-21-12-22(11-19)31-27(13-21)36-26-15-23(33)6-7-25(26)32(31)34/h5-8,10,14-15,18,21-22,40H,2-4,9,11-13,16-17H2,1H3,(H2,34,36)(H,35,41). The van der Waals surface area contributed by atoms with E-state index in [4.69, 9.17) is 27.1 Å². The highest BCUT2D eigenvalue weighted by Crippen LogP contribution is 2.47. The molecule has 2 heterocycles. The lowest BCUT2D eigenvalue weighted by molar-refractivity contribution is -0.120. The number of hydrogen-bond acceptors (Lipinski definition) is 7. The number of nitrogens with one attached hydrogen (secondary N) is 1. The Labute approximate surface area is 249 Å². The minimum atomic E-state index is -0.141. The normalized spacial score (nSPS) is 17.5. The molecular weight excluding hydrogens is 552 g/mol. The number of nitrogen functional groups attached to an aromatic ring is 1. The second-order valence-electron chi connectivity index (χ2n) is 11.4. The number of pyridine rings is 1. The largest absolute Gasteiger partial charge is 0.504 e. The quantitative estimate of drug-likeness (QED) is 0.166. The fourth-order valence-electron chi connectivity index (χ4n) is 6.39. The zero-order valence-electron chi connectivity index (χ0n) is 23.6. The summed E-state index contributed by atoms with van der Waals surface area (Å²) in [5, 5.41) is 22.7. The average molecular weight is 587 g/mol. The van der Waals surface area contributed by atoms with Gasteiger partial charge in [-0.05, 0) is 86.3 Å². The number of aryl methyl sites for hydroxylation is 1. The molecule has 10 heteroatoms. The summed E-state index contributed by atoms with van der Waals surface area (Å²) in [6, 6.07) is 10.8. The van der Waals surface area contributed by atoms with Crippen molar-refractivity contribution in [3.63, 3.8) is 0 Å². The number of rotatable bonds is 10. The summed E-state index contributed by atoms with van der Waals surface area (Å²) in [6.45, 7) is 1.09. The van der Waals surface area contributed by atoms with Crippen LogP contribution in [-0.4, -0.2) is 38.1 Å². The molecule has 0 radical (unpaired) electrons. The number of methoxy groups -OCH3 is 1. The molecule has 0 saturated carbocycles. The number of unbranched alkanes of at least 4 members (excludes halogenated alkanes) is 1. The van der Waals surface area contributed by atoms with Crippen LogP contribution >= 0.6 is 11.6 Å². The molecular formula is C32H35ClN6O3. The number of aromatic hydroxyl groups is 1. The SMILES string of the molecule is COc1cc(CNC(=O)Cc2cn(CCCCC3=CC4Cc5nc6cc(Cl)ccc6c(N)c5C(C3)C4)nn2)ccc1O. The van der Waals surface area contributed by atoms with Gasteiger partial charge in [0.2, 0.25) is 5.91 Å². The summed E-state index contributed by atoms with van der Waals surface area (Å²) >= 11 is 6.21. The van der Waals surface area contributed by atoms with Crippen LogP contribution in [0, 0.1) is 5.92 Å². The fourth-order valence-corrected chi connectivity index (χ4v) is 6.55. The molecule has 0 aliphatic heterocycles. The summed E-state index contributed by atoms with van der Waals surface area (Å²) < 4.78 is 6.94. The number of allylic oxidation sites excluding steroid dienone is 2. The Morgan fingerprint density at radius 3 is 2.95 bits per heavy atom. The van der Waals surface area contributed by atoms with E-state index < -0.39 is 0 Å². The van der Waals surface area contributed by atoms with Crippen molar-refractivity contribution in [2.75, 3.05) is 12.8 Å². The minimum Gasteiger partial charge on any atom is -0.504 e. The Bertz CT molecular complexity index is 1670. The van der Waals surface area contributed by atoms with Crippen molar-refractivity contribution >= 4 is 34.1 Å². The number of carbonyl (C=O) groups is 1. The van der Waals surface area contributed by atoms with Gasteiger partial charge in [0.25, 0.3) is 0 Å². The number of carbonyl (C=O) groups excluding carboxylic acids is 1. The van der Waals surface area contributed by atoms with Gasteiger partial charge in [-0.3, -0.25) is 14.5 Å². The monoisotopic (exact) mass is 586 g/mol. The number of phenols is 1. The molecule has 9 nitrogen and oxygen atoms in total. The average Bonchev–Trinajstić information content (AvgIpc) is 3.41. The molecule has 0 spiro atoms. The highest BCUT2D eigenvalue weighted by Gasteiger charge is 2.33. The van der Waals surface area contributed by atoms with E-state index in [9.17, 15) is 9.90 Å². The first-order chi connectivity index (χ1) is 20.4. The topological polar surface area (TPSA) is 128 Å². The van der Waals surface area contributed by atoms with Crippen LogP contribution in [0.2, 0.25) is 5.02 Å². The van der Waals surface area contributed by atoms with E-state index in [2.05, 4.69) is 21.7 Å². The van der Waals surface area contributed by atoms with Gasteiger partial charge in [-0.15, -0.1) is 5.10 Å². The number of nitrogens with zero attached hydrogens (tertiary/aromatic N) is 4. The van der Waals surface area contributed by atoms with Gasteiger partial charge in [-0.2, -0.15) is 0 Å². The van der Waals surface area contributed by atoms with Crippen LogP contribution in [0.4, 0.5) is 5.69 Å². The molecule has 42 heavy (non-hydrogen) atoms. The van der Waals surface area contributed by atoms with Crippen LogP contribution in [0.1, 0.15) is 60.5 Å². The van der Waals surface area contributed by atoms with Gasteiger partial charge in [-0.25, -0.2) is 0 Å². The molecule has 2 aliphatic carbocycles. The molecule has 2 atom stereocenters. The molecule has 2 aliphatic rings. The second-order valence-corrected chi connectivity index (χ2v) is 11.8. The van der Waals surface area contributed by atoms with E-state index in [0.717, 1.165) is 72.9 Å². The predicted octanol–water partition coefficient (Wildman–Crippen LogP) is 5.48. The van der Waals surface area contributed by atoms with Gasteiger partial charge in [0, 0.05) is 46.6 Å². The predicted molar refractivity (Wildman–Crippen MR) is 162 cm³/mol. The molecule has 2 aromatic heterocycles. The molecule has 4 N–H and O–H groups in total. The summed E-state index contributed by atoms with van der Waals surface area (Å²) in [5.74, 6) is 1.23. The van der Waals surface area contributed by atoms with Crippen LogP contribution in [0.5, 0.6) is 11.5 Å². The van der Waals surface area contributed by atoms with Gasteiger partial charge in [0.15, 0.2) is 11.5 Å². The number of anilines is 1. The third-order valence-electron chi connectivity index (χ3n) is 8.33. The van der Waals surface area contributed by atoms with Gasteiger partial charge in [-0.1, -0.05) is 34.5 Å². The molecule has 2 unspecified atom stereocenters. The molecule has 2 aromatic carbocycles. The van der Waals surface area contributed by atoms with Crippen molar-refractivity contribution in [3.05, 3.63) is 81.8 Å². The molecule has 0 fully saturated rings. The highest BCUT2D eigenvalue weighted by atomic mass is 35.5. The van der Waals surface area contributed by atoms with Crippen molar-refractivity contribution in [1.29, 1.82) is 0 Å². The molecule has 4 aromatic rings. The Balaban J connectivity index is 0.973. The number of amides is 1. The van der Waals surface area contributed by atoms with Crippen LogP contribution in [0.25, 0.3) is 10.9 Å². The van der Waals surface area contributed by atoms with Gasteiger partial charge < -0.3 is 20.9 Å². The zero-order valence-corrected chi connectivity index (χ0v) is 24.4. The maximum Gasteiger partial charge on any atom is 0.226 e.